The van der Waals surface area contributed by atoms with Gasteiger partial charge in [-0.15, -0.1) is 10.2 Å². The molecule has 98 valence electrons. The van der Waals surface area contributed by atoms with Crippen molar-refractivity contribution in [1.29, 1.82) is 0 Å². The molecule has 0 spiro atoms. The van der Waals surface area contributed by atoms with Crippen molar-refractivity contribution < 1.29 is 4.79 Å². The molecule has 0 radical (unpaired) electrons. The second-order valence-electron chi connectivity index (χ2n) is 4.97. The lowest BCUT2D eigenvalue weighted by Crippen LogP contribution is -2.14. The summed E-state index contributed by atoms with van der Waals surface area (Å²) in [6.07, 6.45) is 1.75. The number of rotatable bonds is 4. The van der Waals surface area contributed by atoms with Gasteiger partial charge in [-0.25, -0.2) is 0 Å². The van der Waals surface area contributed by atoms with Gasteiger partial charge >= 0.3 is 0 Å². The van der Waals surface area contributed by atoms with Crippen molar-refractivity contribution in [1.82, 2.24) is 10.2 Å². The molecule has 19 heavy (non-hydrogen) atoms. The van der Waals surface area contributed by atoms with E-state index in [1.165, 1.54) is 16.9 Å². The summed E-state index contributed by atoms with van der Waals surface area (Å²) in [5.41, 5.74) is 1.20. The molecule has 0 unspecified atom stereocenters. The summed E-state index contributed by atoms with van der Waals surface area (Å²) in [6.45, 7) is 2.09. The second kappa shape index (κ2) is 5.09. The van der Waals surface area contributed by atoms with Crippen LogP contribution in [-0.4, -0.2) is 16.1 Å². The molecule has 3 rings (SSSR count). The van der Waals surface area contributed by atoms with E-state index in [1.807, 2.05) is 18.2 Å². The number of carbonyl (C=O) groups excluding carboxylic acids is 1. The first-order valence-electron chi connectivity index (χ1n) is 6.39. The van der Waals surface area contributed by atoms with E-state index in [0.717, 1.165) is 17.8 Å². The molecular formula is C14H15N3OS. The van der Waals surface area contributed by atoms with E-state index in [2.05, 4.69) is 34.6 Å². The molecular weight excluding hydrogens is 258 g/mol. The zero-order valence-electron chi connectivity index (χ0n) is 10.7. The minimum atomic E-state index is 0.0786. The van der Waals surface area contributed by atoms with Gasteiger partial charge in [-0.2, -0.15) is 0 Å². The fourth-order valence-corrected chi connectivity index (χ4v) is 2.81. The highest BCUT2D eigenvalue weighted by Crippen LogP contribution is 2.38. The highest BCUT2D eigenvalue weighted by molar-refractivity contribution is 7.15. The quantitative estimate of drug-likeness (QED) is 0.932. The van der Waals surface area contributed by atoms with Crippen LogP contribution in [0.4, 0.5) is 5.13 Å². The van der Waals surface area contributed by atoms with E-state index in [1.54, 1.807) is 0 Å². The second-order valence-corrected chi connectivity index (χ2v) is 6.03. The van der Waals surface area contributed by atoms with Crippen LogP contribution in [0, 0.1) is 11.8 Å². The molecule has 1 fully saturated rings. The SMILES string of the molecule is C[C@H]1C[C@@H]1C(=O)Nc1nnc(Cc2ccccc2)s1. The van der Waals surface area contributed by atoms with E-state index < -0.39 is 0 Å². The number of amides is 1. The molecule has 0 bridgehead atoms. The molecule has 1 aromatic heterocycles. The lowest BCUT2D eigenvalue weighted by atomic mass is 10.2. The molecule has 2 atom stereocenters. The third-order valence-corrected chi connectivity index (χ3v) is 4.18. The normalized spacial score (nSPS) is 21.1. The number of nitrogens with zero attached hydrogens (tertiary/aromatic N) is 2. The Morgan fingerprint density at radius 2 is 2.11 bits per heavy atom. The average Bonchev–Trinajstić information content (AvgIpc) is 2.99. The Bertz CT molecular complexity index is 581. The fourth-order valence-electron chi connectivity index (χ4n) is 2.03. The first kappa shape index (κ1) is 12.3. The molecule has 1 aromatic carbocycles. The van der Waals surface area contributed by atoms with Crippen molar-refractivity contribution in [2.75, 3.05) is 5.32 Å². The standard InChI is InChI=1S/C14H15N3OS/c1-9-7-11(9)13(18)15-14-17-16-12(19-14)8-10-5-3-2-4-6-10/h2-6,9,11H,7-8H2,1H3,(H,15,17,18)/t9-,11-/m0/s1. The predicted molar refractivity (Wildman–Crippen MR) is 75.1 cm³/mol. The number of benzene rings is 1. The number of hydrogen-bond acceptors (Lipinski definition) is 4. The van der Waals surface area contributed by atoms with Crippen LogP contribution in [0.15, 0.2) is 30.3 Å². The molecule has 1 N–H and O–H groups in total. The van der Waals surface area contributed by atoms with Gasteiger partial charge < -0.3 is 5.32 Å². The molecule has 1 heterocycles. The summed E-state index contributed by atoms with van der Waals surface area (Å²) >= 11 is 1.45. The number of anilines is 1. The summed E-state index contributed by atoms with van der Waals surface area (Å²) in [5.74, 6) is 0.757. The zero-order valence-corrected chi connectivity index (χ0v) is 11.5. The van der Waals surface area contributed by atoms with Gasteiger partial charge in [0.1, 0.15) is 5.01 Å². The van der Waals surface area contributed by atoms with Crippen LogP contribution in [0.25, 0.3) is 0 Å². The first-order valence-corrected chi connectivity index (χ1v) is 7.21. The van der Waals surface area contributed by atoms with Crippen LogP contribution < -0.4 is 5.32 Å². The van der Waals surface area contributed by atoms with E-state index in [9.17, 15) is 4.79 Å². The smallest absolute Gasteiger partial charge is 0.229 e. The Morgan fingerprint density at radius 1 is 1.37 bits per heavy atom. The summed E-state index contributed by atoms with van der Waals surface area (Å²) < 4.78 is 0. The Balaban J connectivity index is 1.62. The maximum atomic E-state index is 11.8. The predicted octanol–water partition coefficient (Wildman–Crippen LogP) is 2.72. The molecule has 1 saturated carbocycles. The van der Waals surface area contributed by atoms with Gasteiger partial charge in [-0.3, -0.25) is 4.79 Å². The van der Waals surface area contributed by atoms with E-state index in [0.29, 0.717) is 11.0 Å². The molecule has 1 amide bonds. The summed E-state index contributed by atoms with van der Waals surface area (Å²) in [4.78, 5) is 11.8. The number of nitrogens with one attached hydrogen (secondary N) is 1. The van der Waals surface area contributed by atoms with Crippen LogP contribution in [-0.2, 0) is 11.2 Å². The van der Waals surface area contributed by atoms with E-state index >= 15 is 0 Å². The topological polar surface area (TPSA) is 54.9 Å². The van der Waals surface area contributed by atoms with Crippen molar-refractivity contribution in [3.8, 4) is 0 Å². The van der Waals surface area contributed by atoms with Gasteiger partial charge in [-0.1, -0.05) is 48.6 Å². The largest absolute Gasteiger partial charge is 0.300 e. The molecule has 4 nitrogen and oxygen atoms in total. The number of carbonyl (C=O) groups is 1. The summed E-state index contributed by atoms with van der Waals surface area (Å²) in [5, 5.41) is 12.5. The molecule has 2 aromatic rings. The van der Waals surface area contributed by atoms with Crippen molar-refractivity contribution in [2.45, 2.75) is 19.8 Å². The minimum Gasteiger partial charge on any atom is -0.300 e. The van der Waals surface area contributed by atoms with Gasteiger partial charge in [0.2, 0.25) is 11.0 Å². The lowest BCUT2D eigenvalue weighted by molar-refractivity contribution is -0.117. The highest BCUT2D eigenvalue weighted by atomic mass is 32.1. The van der Waals surface area contributed by atoms with Gasteiger partial charge in [0.05, 0.1) is 0 Å². The van der Waals surface area contributed by atoms with Crippen molar-refractivity contribution in [2.24, 2.45) is 11.8 Å². The van der Waals surface area contributed by atoms with Crippen molar-refractivity contribution >= 4 is 22.4 Å². The maximum absolute atomic E-state index is 11.8. The molecule has 0 saturated heterocycles. The Labute approximate surface area is 115 Å². The average molecular weight is 273 g/mol. The number of aromatic nitrogens is 2. The first-order chi connectivity index (χ1) is 9.22. The molecule has 1 aliphatic rings. The number of hydrogen-bond donors (Lipinski definition) is 1. The van der Waals surface area contributed by atoms with Gasteiger partial charge in [0, 0.05) is 12.3 Å². The molecule has 0 aliphatic heterocycles. The van der Waals surface area contributed by atoms with Crippen LogP contribution in [0.1, 0.15) is 23.9 Å². The van der Waals surface area contributed by atoms with Crippen LogP contribution in [0.2, 0.25) is 0 Å². The van der Waals surface area contributed by atoms with Gasteiger partial charge in [0.25, 0.3) is 0 Å². The van der Waals surface area contributed by atoms with E-state index in [-0.39, 0.29) is 11.8 Å². The van der Waals surface area contributed by atoms with Crippen molar-refractivity contribution in [3.63, 3.8) is 0 Å². The fraction of sp³-hybridized carbons (Fsp3) is 0.357. The zero-order chi connectivity index (χ0) is 13.2. The molecule has 1 aliphatic carbocycles. The van der Waals surface area contributed by atoms with Crippen molar-refractivity contribution in [3.05, 3.63) is 40.9 Å². The Hall–Kier alpha value is -1.75. The van der Waals surface area contributed by atoms with Crippen LogP contribution in [0.3, 0.4) is 0 Å². The van der Waals surface area contributed by atoms with E-state index in [4.69, 9.17) is 0 Å². The molecule has 5 heteroatoms. The Morgan fingerprint density at radius 3 is 2.79 bits per heavy atom. The maximum Gasteiger partial charge on any atom is 0.229 e. The Kier molecular flexibility index (Phi) is 3.29. The summed E-state index contributed by atoms with van der Waals surface area (Å²) in [6, 6.07) is 10.1. The van der Waals surface area contributed by atoms with Crippen LogP contribution >= 0.6 is 11.3 Å². The monoisotopic (exact) mass is 273 g/mol. The third-order valence-electron chi connectivity index (χ3n) is 3.34. The third kappa shape index (κ3) is 2.98. The minimum absolute atomic E-state index is 0.0786. The van der Waals surface area contributed by atoms with Gasteiger partial charge in [0.15, 0.2) is 0 Å². The lowest BCUT2D eigenvalue weighted by Gasteiger charge is -1.97. The highest BCUT2D eigenvalue weighted by Gasteiger charge is 2.39. The van der Waals surface area contributed by atoms with Crippen LogP contribution in [0.5, 0.6) is 0 Å². The summed E-state index contributed by atoms with van der Waals surface area (Å²) in [7, 11) is 0. The van der Waals surface area contributed by atoms with Gasteiger partial charge in [-0.05, 0) is 17.9 Å².